The van der Waals surface area contributed by atoms with Crippen molar-refractivity contribution in [1.82, 2.24) is 4.90 Å². The number of carboxylic acid groups (broad SMARTS) is 1. The average molecular weight is 227 g/mol. The molecule has 1 saturated heterocycles. The summed E-state index contributed by atoms with van der Waals surface area (Å²) in [6.07, 6.45) is 2.60. The van der Waals surface area contributed by atoms with Crippen LogP contribution in [0.1, 0.15) is 33.1 Å². The maximum atomic E-state index is 10.7. The smallest absolute Gasteiger partial charge is 0.306 e. The summed E-state index contributed by atoms with van der Waals surface area (Å²) >= 11 is 0. The highest BCUT2D eigenvalue weighted by Gasteiger charge is 2.45. The van der Waals surface area contributed by atoms with Crippen LogP contribution in [-0.4, -0.2) is 47.8 Å². The number of nitrogens with zero attached hydrogens (tertiary/aromatic N) is 1. The minimum Gasteiger partial charge on any atom is -0.481 e. The molecule has 2 fully saturated rings. The van der Waals surface area contributed by atoms with Crippen molar-refractivity contribution < 1.29 is 14.6 Å². The molecular formula is C12H21NO3. The first-order valence-corrected chi connectivity index (χ1v) is 6.09. The molecule has 2 rings (SSSR count). The number of carboxylic acids is 1. The van der Waals surface area contributed by atoms with Crippen molar-refractivity contribution in [3.05, 3.63) is 0 Å². The van der Waals surface area contributed by atoms with Crippen LogP contribution in [0.25, 0.3) is 0 Å². The quantitative estimate of drug-likeness (QED) is 0.787. The van der Waals surface area contributed by atoms with Gasteiger partial charge in [-0.15, -0.1) is 0 Å². The lowest BCUT2D eigenvalue weighted by Gasteiger charge is -2.39. The molecule has 1 saturated carbocycles. The molecule has 0 aromatic heterocycles. The molecule has 1 heterocycles. The molecule has 1 N–H and O–H groups in total. The van der Waals surface area contributed by atoms with Crippen LogP contribution in [0.3, 0.4) is 0 Å². The van der Waals surface area contributed by atoms with E-state index in [1.54, 1.807) is 0 Å². The van der Waals surface area contributed by atoms with Crippen LogP contribution < -0.4 is 0 Å². The first kappa shape index (κ1) is 11.9. The van der Waals surface area contributed by atoms with Gasteiger partial charge in [0.15, 0.2) is 0 Å². The lowest BCUT2D eigenvalue weighted by atomic mass is 9.98. The van der Waals surface area contributed by atoms with Crippen molar-refractivity contribution >= 4 is 5.97 Å². The molecule has 1 aliphatic heterocycles. The zero-order chi connectivity index (χ0) is 11.8. The van der Waals surface area contributed by atoms with Gasteiger partial charge in [0, 0.05) is 19.1 Å². The second kappa shape index (κ2) is 4.34. The van der Waals surface area contributed by atoms with E-state index < -0.39 is 5.97 Å². The van der Waals surface area contributed by atoms with Gasteiger partial charge in [-0.25, -0.2) is 0 Å². The summed E-state index contributed by atoms with van der Waals surface area (Å²) in [5, 5.41) is 8.76. The van der Waals surface area contributed by atoms with Crippen molar-refractivity contribution in [2.45, 2.75) is 45.3 Å². The molecule has 0 aromatic carbocycles. The topological polar surface area (TPSA) is 49.8 Å². The number of rotatable bonds is 4. The molecule has 0 amide bonds. The minimum absolute atomic E-state index is 0.125. The lowest BCUT2D eigenvalue weighted by Crippen LogP contribution is -2.49. The van der Waals surface area contributed by atoms with Crippen LogP contribution in [0.5, 0.6) is 0 Å². The second-order valence-corrected chi connectivity index (χ2v) is 5.42. The van der Waals surface area contributed by atoms with E-state index in [4.69, 9.17) is 9.84 Å². The molecule has 1 aliphatic carbocycles. The third-order valence-electron chi connectivity index (χ3n) is 4.17. The number of aliphatic carboxylic acids is 1. The van der Waals surface area contributed by atoms with Gasteiger partial charge < -0.3 is 9.84 Å². The minimum atomic E-state index is -0.767. The highest BCUT2D eigenvalue weighted by molar-refractivity contribution is 5.67. The molecule has 0 aromatic rings. The van der Waals surface area contributed by atoms with E-state index in [1.807, 2.05) is 0 Å². The fourth-order valence-corrected chi connectivity index (χ4v) is 2.47. The number of morpholine rings is 1. The van der Waals surface area contributed by atoms with Gasteiger partial charge >= 0.3 is 5.97 Å². The van der Waals surface area contributed by atoms with Crippen molar-refractivity contribution in [2.24, 2.45) is 5.41 Å². The van der Waals surface area contributed by atoms with Gasteiger partial charge in [0.05, 0.1) is 19.1 Å². The van der Waals surface area contributed by atoms with Crippen LogP contribution in [0.4, 0.5) is 0 Å². The molecule has 2 unspecified atom stereocenters. The Balaban J connectivity index is 1.88. The molecule has 0 spiro atoms. The fraction of sp³-hybridized carbons (Fsp3) is 0.917. The van der Waals surface area contributed by atoms with Crippen LogP contribution in [0.2, 0.25) is 0 Å². The Hall–Kier alpha value is -0.610. The predicted molar refractivity (Wildman–Crippen MR) is 60.4 cm³/mol. The zero-order valence-electron chi connectivity index (χ0n) is 10.1. The highest BCUT2D eigenvalue weighted by Crippen LogP contribution is 2.49. The van der Waals surface area contributed by atoms with Gasteiger partial charge in [-0.3, -0.25) is 9.69 Å². The molecule has 92 valence electrons. The van der Waals surface area contributed by atoms with Gasteiger partial charge in [0.1, 0.15) is 0 Å². The van der Waals surface area contributed by atoms with Gasteiger partial charge in [-0.2, -0.15) is 0 Å². The van der Waals surface area contributed by atoms with E-state index in [9.17, 15) is 4.79 Å². The van der Waals surface area contributed by atoms with Crippen LogP contribution >= 0.6 is 0 Å². The largest absolute Gasteiger partial charge is 0.481 e. The Kier molecular flexibility index (Phi) is 3.22. The molecule has 0 bridgehead atoms. The molecule has 2 atom stereocenters. The number of ether oxygens (including phenoxy) is 1. The van der Waals surface area contributed by atoms with E-state index in [0.717, 1.165) is 13.1 Å². The van der Waals surface area contributed by atoms with Crippen molar-refractivity contribution in [1.29, 1.82) is 0 Å². The third-order valence-corrected chi connectivity index (χ3v) is 4.17. The molecule has 4 nitrogen and oxygen atoms in total. The maximum absolute atomic E-state index is 10.7. The Morgan fingerprint density at radius 3 is 2.88 bits per heavy atom. The maximum Gasteiger partial charge on any atom is 0.306 e. The summed E-state index contributed by atoms with van der Waals surface area (Å²) in [6.45, 7) is 6.95. The Bertz CT molecular complexity index is 275. The van der Waals surface area contributed by atoms with E-state index in [-0.39, 0.29) is 12.5 Å². The van der Waals surface area contributed by atoms with E-state index in [0.29, 0.717) is 18.1 Å². The van der Waals surface area contributed by atoms with Gasteiger partial charge in [-0.05, 0) is 25.2 Å². The summed E-state index contributed by atoms with van der Waals surface area (Å²) in [5.74, 6) is -0.767. The molecule has 2 aliphatic rings. The van der Waals surface area contributed by atoms with Crippen LogP contribution in [-0.2, 0) is 9.53 Å². The molecular weight excluding hydrogens is 206 g/mol. The van der Waals surface area contributed by atoms with E-state index >= 15 is 0 Å². The normalized spacial score (nSPS) is 31.0. The van der Waals surface area contributed by atoms with Crippen molar-refractivity contribution in [3.8, 4) is 0 Å². The predicted octanol–water partition coefficient (Wildman–Crippen LogP) is 1.35. The monoisotopic (exact) mass is 227 g/mol. The molecule has 0 radical (unpaired) electrons. The van der Waals surface area contributed by atoms with Crippen molar-refractivity contribution in [3.63, 3.8) is 0 Å². The average Bonchev–Trinajstić information content (AvgIpc) is 2.96. The summed E-state index contributed by atoms with van der Waals surface area (Å²) in [7, 11) is 0. The first-order valence-electron chi connectivity index (χ1n) is 6.09. The van der Waals surface area contributed by atoms with Crippen molar-refractivity contribution in [2.75, 3.05) is 19.7 Å². The van der Waals surface area contributed by atoms with Crippen LogP contribution in [0, 0.1) is 5.41 Å². The SMILES string of the molecule is CC(N1CCOC(CC(=O)O)C1)C1(C)CC1. The van der Waals surface area contributed by atoms with Gasteiger partial charge in [-0.1, -0.05) is 6.92 Å². The number of carbonyl (C=O) groups is 1. The highest BCUT2D eigenvalue weighted by atomic mass is 16.5. The standard InChI is InChI=1S/C12H21NO3/c1-9(12(2)3-4-12)13-5-6-16-10(8-13)7-11(14)15/h9-10H,3-8H2,1-2H3,(H,14,15). The fourth-order valence-electron chi connectivity index (χ4n) is 2.47. The number of hydrogen-bond acceptors (Lipinski definition) is 3. The third kappa shape index (κ3) is 2.55. The summed E-state index contributed by atoms with van der Waals surface area (Å²) in [5.41, 5.74) is 0.463. The van der Waals surface area contributed by atoms with Gasteiger partial charge in [0.2, 0.25) is 0 Å². The summed E-state index contributed by atoms with van der Waals surface area (Å²) in [4.78, 5) is 13.0. The number of hydrogen-bond donors (Lipinski definition) is 1. The molecule has 4 heteroatoms. The van der Waals surface area contributed by atoms with Crippen LogP contribution in [0.15, 0.2) is 0 Å². The summed E-state index contributed by atoms with van der Waals surface area (Å²) < 4.78 is 5.48. The zero-order valence-corrected chi connectivity index (χ0v) is 10.1. The van der Waals surface area contributed by atoms with Gasteiger partial charge in [0.25, 0.3) is 0 Å². The van der Waals surface area contributed by atoms with E-state index in [1.165, 1.54) is 12.8 Å². The summed E-state index contributed by atoms with van der Waals surface area (Å²) in [6, 6.07) is 0.549. The second-order valence-electron chi connectivity index (χ2n) is 5.42. The Labute approximate surface area is 96.6 Å². The lowest BCUT2D eigenvalue weighted by molar-refractivity contribution is -0.142. The Morgan fingerprint density at radius 2 is 2.31 bits per heavy atom. The van der Waals surface area contributed by atoms with E-state index in [2.05, 4.69) is 18.7 Å². The Morgan fingerprint density at radius 1 is 1.62 bits per heavy atom. The molecule has 16 heavy (non-hydrogen) atoms. The first-order chi connectivity index (χ1) is 7.51.